The number of nitrogens with zero attached hydrogens (tertiary/aromatic N) is 2. The van der Waals surface area contributed by atoms with Gasteiger partial charge in [-0.1, -0.05) is 23.9 Å². The number of para-hydroxylation sites is 1. The first-order chi connectivity index (χ1) is 12.6. The smallest absolute Gasteiger partial charge is 0.325 e. The van der Waals surface area contributed by atoms with E-state index in [1.54, 1.807) is 22.9 Å². The Balaban J connectivity index is 1.97. The number of phenolic OH excluding ortho intramolecular Hbond substituents is 1. The molecule has 1 atom stereocenters. The molecule has 7 nitrogen and oxygen atoms in total. The fourth-order valence-electron chi connectivity index (χ4n) is 3.07. The Morgan fingerprint density at radius 1 is 1.27 bits per heavy atom. The molecular weight excluding hydrogens is 352 g/mol. The number of phenols is 1. The molecule has 3 aromatic rings. The Bertz CT molecular complexity index is 1050. The van der Waals surface area contributed by atoms with Crippen molar-refractivity contribution in [1.82, 2.24) is 10.1 Å². The Hall–Kier alpha value is -3.00. The molecule has 26 heavy (non-hydrogen) atoms. The third-order valence-corrected chi connectivity index (χ3v) is 4.87. The van der Waals surface area contributed by atoms with Crippen LogP contribution in [0.5, 0.6) is 11.5 Å². The summed E-state index contributed by atoms with van der Waals surface area (Å²) in [5.41, 5.74) is 2.72. The van der Waals surface area contributed by atoms with Crippen molar-refractivity contribution in [3.8, 4) is 22.8 Å². The number of benzene rings is 2. The highest BCUT2D eigenvalue weighted by atomic mass is 32.2. The predicted octanol–water partition coefficient (Wildman–Crippen LogP) is 2.13. The van der Waals surface area contributed by atoms with Gasteiger partial charge in [-0.3, -0.25) is 9.78 Å². The van der Waals surface area contributed by atoms with Gasteiger partial charge >= 0.3 is 11.3 Å². The maximum atomic E-state index is 12.7. The van der Waals surface area contributed by atoms with E-state index in [-0.39, 0.29) is 11.3 Å². The van der Waals surface area contributed by atoms with Gasteiger partial charge in [0.1, 0.15) is 0 Å². The van der Waals surface area contributed by atoms with Gasteiger partial charge in [-0.15, -0.1) is 0 Å². The lowest BCUT2D eigenvalue weighted by molar-refractivity contribution is -0.759. The minimum atomic E-state index is -0.414. The first-order valence-corrected chi connectivity index (χ1v) is 9.18. The lowest BCUT2D eigenvalue weighted by Crippen LogP contribution is -2.55. The maximum absolute atomic E-state index is 12.7. The minimum Gasteiger partial charge on any atom is -0.504 e. The summed E-state index contributed by atoms with van der Waals surface area (Å²) in [4.78, 5) is 15.6. The van der Waals surface area contributed by atoms with E-state index in [0.29, 0.717) is 16.6 Å². The van der Waals surface area contributed by atoms with Gasteiger partial charge in [0.2, 0.25) is 5.16 Å². The highest BCUT2D eigenvalue weighted by Crippen LogP contribution is 2.34. The van der Waals surface area contributed by atoms with Crippen LogP contribution < -0.4 is 20.3 Å². The fraction of sp³-hybridized carbons (Fsp3) is 0.167. The molecular formula is C18H17N4O3S+. The first-order valence-electron chi connectivity index (χ1n) is 7.95. The van der Waals surface area contributed by atoms with Crippen LogP contribution >= 0.6 is 11.8 Å². The molecule has 2 heterocycles. The zero-order valence-corrected chi connectivity index (χ0v) is 15.0. The number of methoxy groups -OCH3 is 1. The van der Waals surface area contributed by atoms with Gasteiger partial charge in [0.15, 0.2) is 11.5 Å². The van der Waals surface area contributed by atoms with Gasteiger partial charge in [0.25, 0.3) is 6.17 Å². The second-order valence-corrected chi connectivity index (χ2v) is 6.58. The average Bonchev–Trinajstić information content (AvgIpc) is 2.67. The number of rotatable bonds is 3. The van der Waals surface area contributed by atoms with Gasteiger partial charge in [-0.05, 0) is 41.3 Å². The van der Waals surface area contributed by atoms with E-state index < -0.39 is 6.17 Å². The van der Waals surface area contributed by atoms with Crippen LogP contribution in [0.3, 0.4) is 0 Å². The van der Waals surface area contributed by atoms with Crippen molar-refractivity contribution >= 4 is 17.4 Å². The zero-order valence-electron chi connectivity index (χ0n) is 14.2. The van der Waals surface area contributed by atoms with Crippen molar-refractivity contribution in [3.05, 3.63) is 58.4 Å². The molecule has 0 unspecified atom stereocenters. The molecule has 0 bridgehead atoms. The van der Waals surface area contributed by atoms with Crippen molar-refractivity contribution in [2.24, 2.45) is 0 Å². The Labute approximate surface area is 153 Å². The van der Waals surface area contributed by atoms with Crippen LogP contribution in [0.1, 0.15) is 11.7 Å². The van der Waals surface area contributed by atoms with Crippen LogP contribution in [0.15, 0.2) is 52.4 Å². The number of hydrogen-bond donors (Lipinski definition) is 3. The van der Waals surface area contributed by atoms with E-state index >= 15 is 0 Å². The number of nitrogens with one attached hydrogen (secondary N) is 2. The number of ether oxygens (including phenoxy) is 1. The quantitative estimate of drug-likeness (QED) is 0.484. The lowest BCUT2D eigenvalue weighted by Gasteiger charge is -2.22. The van der Waals surface area contributed by atoms with Crippen molar-refractivity contribution in [3.63, 3.8) is 0 Å². The predicted molar refractivity (Wildman–Crippen MR) is 98.7 cm³/mol. The van der Waals surface area contributed by atoms with Crippen LogP contribution in [-0.2, 0) is 0 Å². The Kier molecular flexibility index (Phi) is 4.04. The lowest BCUT2D eigenvalue weighted by atomic mass is 10.0. The molecule has 0 saturated carbocycles. The standard InChI is InChI=1S/C18H16N4O3S/c1-25-14-9-10(7-8-13(14)23)16-19-12-6-4-3-5-11(12)15-17(24)20-18(26-2)21-22(15)16/h3-9,16H,1-2H3,(H2,20,21,23,24)/p+1/t16-/m0/s1. The summed E-state index contributed by atoms with van der Waals surface area (Å²) in [5.74, 6) is 0.418. The molecule has 1 aromatic heterocycles. The maximum Gasteiger partial charge on any atom is 0.325 e. The highest BCUT2D eigenvalue weighted by molar-refractivity contribution is 7.98. The van der Waals surface area contributed by atoms with Gasteiger partial charge in [-0.25, -0.2) is 0 Å². The fourth-order valence-corrected chi connectivity index (χ4v) is 3.43. The van der Waals surface area contributed by atoms with E-state index in [9.17, 15) is 9.90 Å². The van der Waals surface area contributed by atoms with Crippen molar-refractivity contribution in [1.29, 1.82) is 0 Å². The summed E-state index contributed by atoms with van der Waals surface area (Å²) in [6.07, 6.45) is 1.44. The SMILES string of the molecule is COc1cc([C@H]2Nc3ccccc3-c3c(=O)[nH]c(SC)n[n+]32)ccc1O. The number of aromatic hydroxyl groups is 1. The largest absolute Gasteiger partial charge is 0.504 e. The summed E-state index contributed by atoms with van der Waals surface area (Å²) in [5, 5.41) is 18.4. The molecule has 0 aliphatic carbocycles. The topological polar surface area (TPSA) is 91.1 Å². The van der Waals surface area contributed by atoms with Crippen LogP contribution in [0.25, 0.3) is 11.3 Å². The molecule has 0 spiro atoms. The van der Waals surface area contributed by atoms with Crippen LogP contribution in [0.4, 0.5) is 5.69 Å². The molecule has 132 valence electrons. The number of aromatic amines is 1. The van der Waals surface area contributed by atoms with Gasteiger partial charge < -0.3 is 15.2 Å². The molecule has 3 N–H and O–H groups in total. The number of hydrogen-bond acceptors (Lipinski definition) is 6. The first kappa shape index (κ1) is 16.5. The second kappa shape index (κ2) is 6.38. The molecule has 1 aliphatic heterocycles. The van der Waals surface area contributed by atoms with Crippen LogP contribution in [-0.4, -0.2) is 28.6 Å². The average molecular weight is 369 g/mol. The van der Waals surface area contributed by atoms with E-state index in [4.69, 9.17) is 4.74 Å². The molecule has 0 fully saturated rings. The third-order valence-electron chi connectivity index (χ3n) is 4.30. The number of H-pyrrole nitrogens is 1. The summed E-state index contributed by atoms with van der Waals surface area (Å²) in [6, 6.07) is 12.7. The third kappa shape index (κ3) is 2.59. The summed E-state index contributed by atoms with van der Waals surface area (Å²) in [6.45, 7) is 0. The Morgan fingerprint density at radius 2 is 2.08 bits per heavy atom. The monoisotopic (exact) mass is 369 g/mol. The molecule has 2 aromatic carbocycles. The highest BCUT2D eigenvalue weighted by Gasteiger charge is 2.37. The molecule has 0 amide bonds. The number of anilines is 1. The van der Waals surface area contributed by atoms with E-state index in [1.165, 1.54) is 18.9 Å². The summed E-state index contributed by atoms with van der Waals surface area (Å²) < 4.78 is 6.90. The molecule has 1 aliphatic rings. The molecule has 4 rings (SSSR count). The van der Waals surface area contributed by atoms with E-state index in [2.05, 4.69) is 15.4 Å². The van der Waals surface area contributed by atoms with Crippen molar-refractivity contribution in [2.45, 2.75) is 11.3 Å². The number of thioether (sulfide) groups is 1. The molecule has 0 saturated heterocycles. The minimum absolute atomic E-state index is 0.0568. The molecule has 8 heteroatoms. The molecule has 0 radical (unpaired) electrons. The van der Waals surface area contributed by atoms with Crippen molar-refractivity contribution in [2.75, 3.05) is 18.7 Å². The summed E-state index contributed by atoms with van der Waals surface area (Å²) >= 11 is 1.36. The van der Waals surface area contributed by atoms with Gasteiger partial charge in [-0.2, -0.15) is 0 Å². The van der Waals surface area contributed by atoms with E-state index in [1.807, 2.05) is 30.5 Å². The van der Waals surface area contributed by atoms with E-state index in [0.717, 1.165) is 16.8 Å². The Morgan fingerprint density at radius 3 is 2.85 bits per heavy atom. The van der Waals surface area contributed by atoms with Crippen molar-refractivity contribution < 1.29 is 14.5 Å². The summed E-state index contributed by atoms with van der Waals surface area (Å²) in [7, 11) is 1.50. The van der Waals surface area contributed by atoms with Gasteiger partial charge in [0.05, 0.1) is 18.4 Å². The second-order valence-electron chi connectivity index (χ2n) is 5.78. The van der Waals surface area contributed by atoms with Crippen LogP contribution in [0, 0.1) is 0 Å². The number of aromatic nitrogens is 3. The van der Waals surface area contributed by atoms with Crippen LogP contribution in [0.2, 0.25) is 0 Å². The zero-order chi connectivity index (χ0) is 18.3. The normalized spacial score (nSPS) is 14.9. The number of fused-ring (bicyclic) bond motifs is 3. The van der Waals surface area contributed by atoms with Gasteiger partial charge in [0, 0.05) is 10.7 Å².